The molecule has 17 heavy (non-hydrogen) atoms. The predicted octanol–water partition coefficient (Wildman–Crippen LogP) is 2.76. The number of rotatable bonds is 3. The lowest BCUT2D eigenvalue weighted by molar-refractivity contribution is -0.136. The Morgan fingerprint density at radius 2 is 1.53 bits per heavy atom. The minimum absolute atomic E-state index is 0.328. The van der Waals surface area contributed by atoms with Crippen LogP contribution in [0.3, 0.4) is 0 Å². The van der Waals surface area contributed by atoms with Crippen LogP contribution in [0.25, 0.3) is 0 Å². The van der Waals surface area contributed by atoms with Gasteiger partial charge in [0.05, 0.1) is 0 Å². The molecule has 0 unspecified atom stereocenters. The highest BCUT2D eigenvalue weighted by atomic mass is 16.1. The van der Waals surface area contributed by atoms with Crippen molar-refractivity contribution >= 4 is 5.78 Å². The highest BCUT2D eigenvalue weighted by Gasteiger charge is 2.50. The second kappa shape index (κ2) is 3.81. The van der Waals surface area contributed by atoms with E-state index in [9.17, 15) is 4.79 Å². The normalized spacial score (nSPS) is 44.1. The van der Waals surface area contributed by atoms with Crippen LogP contribution < -0.4 is 5.73 Å². The van der Waals surface area contributed by atoms with E-state index in [2.05, 4.69) is 0 Å². The number of Topliss-reactive ketones (excluding diaryl/α,β-unsaturated/α-hetero) is 1. The number of carbonyl (C=O) groups is 1. The molecule has 0 spiro atoms. The second-order valence-corrected chi connectivity index (χ2v) is 7.59. The molecule has 0 heterocycles. The third-order valence-corrected chi connectivity index (χ3v) is 5.23. The highest BCUT2D eigenvalue weighted by molar-refractivity contribution is 5.83. The Morgan fingerprint density at radius 3 is 1.94 bits per heavy atom. The summed E-state index contributed by atoms with van der Waals surface area (Å²) in [5.41, 5.74) is 5.68. The molecule has 0 aliphatic heterocycles. The smallest absolute Gasteiger partial charge is 0.138 e. The number of hydrogen-bond acceptors (Lipinski definition) is 2. The van der Waals surface area contributed by atoms with Gasteiger partial charge >= 0.3 is 0 Å². The minimum atomic E-state index is -0.328. The van der Waals surface area contributed by atoms with E-state index < -0.39 is 0 Å². The number of carbonyl (C=O) groups excluding carboxylic acids is 1. The predicted molar refractivity (Wildman–Crippen MR) is 68.4 cm³/mol. The molecule has 2 heteroatoms. The van der Waals surface area contributed by atoms with Crippen molar-refractivity contribution in [2.45, 2.75) is 57.9 Å². The van der Waals surface area contributed by atoms with Gasteiger partial charge in [-0.2, -0.15) is 0 Å². The van der Waals surface area contributed by atoms with E-state index >= 15 is 0 Å². The second-order valence-electron chi connectivity index (χ2n) is 7.59. The Labute approximate surface area is 104 Å². The summed E-state index contributed by atoms with van der Waals surface area (Å²) in [6.07, 6.45) is 7.34. The van der Waals surface area contributed by atoms with Gasteiger partial charge in [-0.15, -0.1) is 0 Å². The largest absolute Gasteiger partial charge is 0.325 e. The van der Waals surface area contributed by atoms with E-state index in [4.69, 9.17) is 5.73 Å². The van der Waals surface area contributed by atoms with E-state index in [-0.39, 0.29) is 5.54 Å². The summed E-state index contributed by atoms with van der Waals surface area (Å²) in [7, 11) is 0. The van der Waals surface area contributed by atoms with Gasteiger partial charge in [-0.1, -0.05) is 0 Å². The van der Waals surface area contributed by atoms with Gasteiger partial charge in [0.25, 0.3) is 0 Å². The topological polar surface area (TPSA) is 43.1 Å². The van der Waals surface area contributed by atoms with Crippen LogP contribution in [-0.4, -0.2) is 11.3 Å². The van der Waals surface area contributed by atoms with Crippen molar-refractivity contribution in [1.29, 1.82) is 0 Å². The molecular weight excluding hydrogens is 210 g/mol. The molecule has 4 fully saturated rings. The maximum absolute atomic E-state index is 12.5. The molecular formula is C15H25NO. The third-order valence-electron chi connectivity index (χ3n) is 5.23. The summed E-state index contributed by atoms with van der Waals surface area (Å²) in [5, 5.41) is 0. The fourth-order valence-corrected chi connectivity index (χ4v) is 5.02. The molecule has 2 N–H and O–H groups in total. The van der Waals surface area contributed by atoms with E-state index in [1.807, 2.05) is 13.8 Å². The molecule has 4 aliphatic rings. The lowest BCUT2D eigenvalue weighted by Gasteiger charge is -2.54. The zero-order chi connectivity index (χ0) is 12.2. The summed E-state index contributed by atoms with van der Waals surface area (Å²) >= 11 is 0. The highest BCUT2D eigenvalue weighted by Crippen LogP contribution is 2.57. The zero-order valence-electron chi connectivity index (χ0n) is 11.1. The fraction of sp³-hybridized carbons (Fsp3) is 0.933. The molecule has 4 rings (SSSR count). The summed E-state index contributed by atoms with van der Waals surface area (Å²) in [6, 6.07) is 0. The molecule has 4 aliphatic carbocycles. The Bertz CT molecular complexity index is 300. The van der Waals surface area contributed by atoms with Gasteiger partial charge in [-0.05, 0) is 69.6 Å². The van der Waals surface area contributed by atoms with Crippen molar-refractivity contribution in [2.75, 3.05) is 0 Å². The standard InChI is InChI=1S/C15H25NO/c1-15(2,16)8-13(17)14-11-4-9-3-10(6-11)7-12(14)5-9/h9-12,14H,3-8,16H2,1-2H3. The van der Waals surface area contributed by atoms with Crippen molar-refractivity contribution in [2.24, 2.45) is 35.3 Å². The minimum Gasteiger partial charge on any atom is -0.325 e. The van der Waals surface area contributed by atoms with Gasteiger partial charge < -0.3 is 5.73 Å². The molecule has 0 radical (unpaired) electrons. The van der Waals surface area contributed by atoms with Gasteiger partial charge in [0.2, 0.25) is 0 Å². The summed E-state index contributed by atoms with van der Waals surface area (Å²) in [6.45, 7) is 3.95. The van der Waals surface area contributed by atoms with Crippen LogP contribution in [0.5, 0.6) is 0 Å². The van der Waals surface area contributed by atoms with E-state index in [0.29, 0.717) is 30.0 Å². The average Bonchev–Trinajstić information content (AvgIpc) is 2.11. The van der Waals surface area contributed by atoms with Crippen LogP contribution in [0.15, 0.2) is 0 Å². The molecule has 4 bridgehead atoms. The van der Waals surface area contributed by atoms with E-state index in [0.717, 1.165) is 11.8 Å². The fourth-order valence-electron chi connectivity index (χ4n) is 5.02. The molecule has 0 aromatic rings. The Kier molecular flexibility index (Phi) is 2.62. The molecule has 0 atom stereocenters. The third kappa shape index (κ3) is 2.16. The van der Waals surface area contributed by atoms with E-state index in [1.165, 1.54) is 32.1 Å². The molecule has 0 aromatic carbocycles. The first-order chi connectivity index (χ1) is 7.92. The maximum Gasteiger partial charge on any atom is 0.138 e. The summed E-state index contributed by atoms with van der Waals surface area (Å²) in [5.74, 6) is 4.15. The van der Waals surface area contributed by atoms with Crippen LogP contribution >= 0.6 is 0 Å². The van der Waals surface area contributed by atoms with Crippen LogP contribution in [-0.2, 0) is 4.79 Å². The lowest BCUT2D eigenvalue weighted by atomic mass is 9.51. The maximum atomic E-state index is 12.5. The van der Waals surface area contributed by atoms with Crippen molar-refractivity contribution in [1.82, 2.24) is 0 Å². The lowest BCUT2D eigenvalue weighted by Crippen LogP contribution is -2.49. The first-order valence-corrected chi connectivity index (χ1v) is 7.24. The number of ketones is 1. The quantitative estimate of drug-likeness (QED) is 0.817. The number of hydrogen-bond donors (Lipinski definition) is 1. The molecule has 0 aromatic heterocycles. The van der Waals surface area contributed by atoms with Crippen molar-refractivity contribution in [3.63, 3.8) is 0 Å². The van der Waals surface area contributed by atoms with Crippen LogP contribution in [0, 0.1) is 29.6 Å². The molecule has 0 amide bonds. The number of nitrogens with two attached hydrogens (primary N) is 1. The van der Waals surface area contributed by atoms with Crippen LogP contribution in [0.1, 0.15) is 52.4 Å². The molecule has 2 nitrogen and oxygen atoms in total. The Morgan fingerprint density at radius 1 is 1.06 bits per heavy atom. The molecule has 4 saturated carbocycles. The van der Waals surface area contributed by atoms with Crippen LogP contribution in [0.2, 0.25) is 0 Å². The summed E-state index contributed by atoms with van der Waals surface area (Å²) < 4.78 is 0. The van der Waals surface area contributed by atoms with Crippen molar-refractivity contribution in [3.05, 3.63) is 0 Å². The Hall–Kier alpha value is -0.370. The first-order valence-electron chi connectivity index (χ1n) is 7.24. The van der Waals surface area contributed by atoms with E-state index in [1.54, 1.807) is 0 Å². The summed E-state index contributed by atoms with van der Waals surface area (Å²) in [4.78, 5) is 12.5. The van der Waals surface area contributed by atoms with Crippen LogP contribution in [0.4, 0.5) is 0 Å². The zero-order valence-corrected chi connectivity index (χ0v) is 11.1. The van der Waals surface area contributed by atoms with Gasteiger partial charge in [0.15, 0.2) is 0 Å². The Balaban J connectivity index is 1.73. The van der Waals surface area contributed by atoms with Gasteiger partial charge in [0, 0.05) is 17.9 Å². The SMILES string of the molecule is CC(C)(N)CC(=O)C1C2CC3CC(C2)CC1C3. The van der Waals surface area contributed by atoms with Crippen molar-refractivity contribution < 1.29 is 4.79 Å². The average molecular weight is 235 g/mol. The first kappa shape index (κ1) is 11.7. The van der Waals surface area contributed by atoms with Gasteiger partial charge in [-0.25, -0.2) is 0 Å². The monoisotopic (exact) mass is 235 g/mol. The van der Waals surface area contributed by atoms with Gasteiger partial charge in [0.1, 0.15) is 5.78 Å². The molecule has 0 saturated heterocycles. The van der Waals surface area contributed by atoms with Gasteiger partial charge in [-0.3, -0.25) is 4.79 Å². The molecule has 96 valence electrons. The van der Waals surface area contributed by atoms with Crippen molar-refractivity contribution in [3.8, 4) is 0 Å².